The maximum absolute atomic E-state index is 11.8. The first-order chi connectivity index (χ1) is 60.4. The molecule has 0 unspecified atom stereocenters. The Bertz CT molecular complexity index is 5590. The van der Waals surface area contributed by atoms with Gasteiger partial charge in [0.25, 0.3) is 0 Å². The first-order valence-electron chi connectivity index (χ1n) is 40.3. The van der Waals surface area contributed by atoms with E-state index in [0.29, 0.717) is 79.5 Å². The van der Waals surface area contributed by atoms with E-state index in [4.69, 9.17) is 10.2 Å². The lowest BCUT2D eigenvalue weighted by Gasteiger charge is -2.22. The molecule has 0 saturated heterocycles. The topological polar surface area (TPSA) is 377 Å². The quantitative estimate of drug-likeness (QED) is 0.0120. The van der Waals surface area contributed by atoms with Gasteiger partial charge in [0.2, 0.25) is 0 Å². The minimum atomic E-state index is 0.0122. The van der Waals surface area contributed by atoms with Gasteiger partial charge in [-0.15, -0.1) is 10.2 Å². The molecule has 6 heterocycles. The van der Waals surface area contributed by atoms with Crippen molar-refractivity contribution in [3.63, 3.8) is 0 Å². The van der Waals surface area contributed by atoms with Crippen molar-refractivity contribution in [2.75, 3.05) is 105 Å². The molecule has 32 nitrogen and oxygen atoms in total. The fraction of sp³-hybridized carbons (Fsp3) is 0.226. The van der Waals surface area contributed by atoms with Crippen molar-refractivity contribution in [3.8, 4) is 0 Å². The predicted molar refractivity (Wildman–Crippen MR) is 492 cm³/mol. The van der Waals surface area contributed by atoms with Crippen LogP contribution in [-0.4, -0.2) is 112 Å². The molecule has 0 aliphatic heterocycles. The van der Waals surface area contributed by atoms with E-state index in [1.54, 1.807) is 130 Å². The Balaban J connectivity index is 0.000000186. The summed E-state index contributed by atoms with van der Waals surface area (Å²) in [4.78, 5) is 14.9. The number of hydrogen-bond donors (Lipinski definition) is 3. The van der Waals surface area contributed by atoms with Gasteiger partial charge in [0.15, 0.2) is 5.49 Å². The van der Waals surface area contributed by atoms with Crippen LogP contribution in [-0.2, 0) is 0 Å². The maximum Gasteiger partial charge on any atom is 0.353 e. The van der Waals surface area contributed by atoms with Crippen molar-refractivity contribution in [3.05, 3.63) is 351 Å². The number of aliphatic hydroxyl groups excluding tert-OH is 2. The van der Waals surface area contributed by atoms with Crippen LogP contribution in [0.2, 0.25) is 0 Å². The number of allylic oxidation sites excluding steroid dienone is 4. The number of anilines is 5. The van der Waals surface area contributed by atoms with E-state index in [0.717, 1.165) is 107 Å². The highest BCUT2D eigenvalue weighted by Crippen LogP contribution is 2.27. The highest BCUT2D eigenvalue weighted by molar-refractivity contribution is 6.19. The van der Waals surface area contributed by atoms with Gasteiger partial charge in [0, 0.05) is 132 Å². The van der Waals surface area contributed by atoms with Gasteiger partial charge in [-0.05, 0) is 317 Å². The Labute approximate surface area is 728 Å². The summed E-state index contributed by atoms with van der Waals surface area (Å²) in [5.74, 6) is 1.40. The molecule has 125 heavy (non-hydrogen) atoms. The monoisotopic (exact) mass is 1690 g/mol. The third kappa shape index (κ3) is 31.0. The number of nitrogens with zero attached hydrogens (tertiary/aromatic N) is 24. The summed E-state index contributed by atoms with van der Waals surface area (Å²) in [5.41, 5.74) is 15.4. The van der Waals surface area contributed by atoms with Gasteiger partial charge in [-0.3, -0.25) is 0 Å². The lowest BCUT2D eigenvalue weighted by atomic mass is 10.1. The predicted octanol–water partition coefficient (Wildman–Crippen LogP) is 18.7. The SMILES string of the molecule is CCN(CC)c1ccc(N=Nc2cc(C)cc[n+]2[O-])cc1.CCN(CC)c1ccc(N=Nc2cccc(C)[n+]2[O-])cc1.Cc1cc[n+]([O-])c(N=Nc2ccc(N(C)C)cc2)c1.Cc1cccc(N=Nc2ccc(N(C)C)cc2)[n+]1[O-].Cc1cccc(N=Nc2ccc(N(CCO)CCO)cc2)[n+]1[O-].On1ccccc1=NN=C1C=CC(=Nc2ccccc2)C=C1. The van der Waals surface area contributed by atoms with Gasteiger partial charge >= 0.3 is 29.1 Å². The lowest BCUT2D eigenvalue weighted by Crippen LogP contribution is -2.29. The van der Waals surface area contributed by atoms with Gasteiger partial charge in [-0.25, -0.2) is 28.6 Å². The number of azo groups is 5. The van der Waals surface area contributed by atoms with Crippen molar-refractivity contribution < 1.29 is 39.1 Å². The van der Waals surface area contributed by atoms with Crippen LogP contribution in [0.4, 0.5) is 91.7 Å². The normalized spacial score (nSPS) is 11.6. The smallest absolute Gasteiger partial charge is 0.353 e. The highest BCUT2D eigenvalue weighted by atomic mass is 16.5. The van der Waals surface area contributed by atoms with Crippen molar-refractivity contribution in [1.82, 2.24) is 4.73 Å². The van der Waals surface area contributed by atoms with Crippen molar-refractivity contribution >= 4 is 103 Å². The molecule has 0 amide bonds. The summed E-state index contributed by atoms with van der Waals surface area (Å²) in [5, 5.41) is 134. The molecule has 0 bridgehead atoms. The molecule has 646 valence electrons. The molecule has 0 spiro atoms. The average Bonchev–Trinajstić information content (AvgIpc) is 0.849. The second kappa shape index (κ2) is 50.0. The molecule has 32 heteroatoms. The second-order valence-electron chi connectivity index (χ2n) is 28.0. The highest BCUT2D eigenvalue weighted by Gasteiger charge is 2.14. The van der Waals surface area contributed by atoms with Gasteiger partial charge in [0.1, 0.15) is 45.5 Å². The van der Waals surface area contributed by atoms with Crippen LogP contribution in [0.25, 0.3) is 0 Å². The van der Waals surface area contributed by atoms with Gasteiger partial charge in [-0.2, -0.15) is 4.73 Å². The summed E-state index contributed by atoms with van der Waals surface area (Å²) in [6.07, 6.45) is 11.8. The average molecular weight is 1690 g/mol. The molecule has 0 atom stereocenters. The number of aliphatic imine (C=N–C) groups is 1. The molecule has 0 radical (unpaired) electrons. The molecule has 0 saturated carbocycles. The van der Waals surface area contributed by atoms with Crippen molar-refractivity contribution in [2.45, 2.75) is 62.3 Å². The number of aromatic nitrogens is 6. The lowest BCUT2D eigenvalue weighted by molar-refractivity contribution is -0.599. The first kappa shape index (κ1) is 95.0. The number of para-hydroxylation sites is 1. The summed E-state index contributed by atoms with van der Waals surface area (Å²) in [7, 11) is 7.90. The minimum Gasteiger partial charge on any atom is -0.710 e. The second-order valence-corrected chi connectivity index (χ2v) is 28.0. The van der Waals surface area contributed by atoms with Crippen LogP contribution >= 0.6 is 0 Å². The molecule has 6 aromatic carbocycles. The third-order valence-electron chi connectivity index (χ3n) is 18.4. The number of hydrogen-bond acceptors (Lipinski definition) is 26. The minimum absolute atomic E-state index is 0.0122. The van der Waals surface area contributed by atoms with E-state index in [1.165, 1.54) is 18.6 Å². The summed E-state index contributed by atoms with van der Waals surface area (Å²) < 4.78 is 4.58. The van der Waals surface area contributed by atoms with Crippen LogP contribution in [0.15, 0.2) is 358 Å². The molecular weight excluding hydrogens is 1580 g/mol. The standard InChI is InChI=1S/C17H14N4O.C16H20N4O3.2C16H20N4O.2C14H16N4O/c22-21-13-5-4-8-17(21)20-19-16-11-9-15(10-12-16)18-14-6-2-1-3-7-14;1-13-3-2-4-16(20(13)23)18-17-14-5-7-15(8-6-14)19(9-11-21)10-12-22;1-4-19(5-2)15-8-6-14(7-9-15)17-18-16-12-13(3)10-11-20(16)21;1-4-19(5-2)15-11-9-14(10-12-15)17-18-16-8-6-7-13(3)20(16)21;1-11-8-9-18(19)14(10-11)16-15-12-4-6-13(7-5-12)17(2)3;1-11-5-4-6-14(18(11)19)16-15-12-7-9-13(10-8-12)17(2)3/h1-13,22H;2-8,21-22H,9-12H2,1H3;2*6-12H,4-5H2,1-3H3;2*4-10H,1-3H3. The van der Waals surface area contributed by atoms with E-state index in [9.17, 15) is 31.2 Å². The van der Waals surface area contributed by atoms with Crippen LogP contribution in [0, 0.1) is 60.7 Å². The Hall–Kier alpha value is -15.4. The number of rotatable bonds is 25. The largest absolute Gasteiger partial charge is 0.710 e. The molecule has 12 aromatic rings. The third-order valence-corrected chi connectivity index (χ3v) is 18.4. The van der Waals surface area contributed by atoms with Gasteiger partial charge in [0.05, 0.1) is 68.3 Å². The van der Waals surface area contributed by atoms with E-state index < -0.39 is 0 Å². The fourth-order valence-corrected chi connectivity index (χ4v) is 11.3. The van der Waals surface area contributed by atoms with Gasteiger partial charge < -0.3 is 66.0 Å². The maximum atomic E-state index is 11.8. The molecule has 1 aliphatic rings. The summed E-state index contributed by atoms with van der Waals surface area (Å²) >= 11 is 0. The molecule has 3 N–H and O–H groups in total. The van der Waals surface area contributed by atoms with E-state index in [-0.39, 0.29) is 30.7 Å². The van der Waals surface area contributed by atoms with Crippen LogP contribution in [0.5, 0.6) is 0 Å². The molecular formula is C93H106N24O8. The molecule has 13 rings (SSSR count). The van der Waals surface area contributed by atoms with Crippen molar-refractivity contribution in [2.24, 2.45) is 66.3 Å². The Kier molecular flexibility index (Phi) is 38.0. The fourth-order valence-electron chi connectivity index (χ4n) is 11.3. The zero-order valence-electron chi connectivity index (χ0n) is 72.5. The number of aliphatic hydroxyl groups is 2. The van der Waals surface area contributed by atoms with Gasteiger partial charge in [-0.1, -0.05) is 24.3 Å². The molecule has 6 aromatic heterocycles. The Morgan fingerprint density at radius 2 is 0.640 bits per heavy atom. The van der Waals surface area contributed by atoms with E-state index in [2.05, 4.69) is 104 Å². The van der Waals surface area contributed by atoms with Crippen LogP contribution in [0.3, 0.4) is 0 Å². The Morgan fingerprint density at radius 3 is 0.968 bits per heavy atom. The summed E-state index contributed by atoms with van der Waals surface area (Å²) in [6.45, 7) is 22.3. The first-order valence-corrected chi connectivity index (χ1v) is 40.3. The molecule has 1 aliphatic carbocycles. The zero-order valence-corrected chi connectivity index (χ0v) is 72.5. The van der Waals surface area contributed by atoms with Crippen molar-refractivity contribution in [1.29, 1.82) is 0 Å². The number of aryl methyl sites for hydroxylation is 5. The Morgan fingerprint density at radius 1 is 0.320 bits per heavy atom. The zero-order chi connectivity index (χ0) is 90.0. The molecule has 0 fully saturated rings. The van der Waals surface area contributed by atoms with Crippen LogP contribution < -0.4 is 53.6 Å². The number of pyridine rings is 6. The van der Waals surface area contributed by atoms with Crippen LogP contribution in [0.1, 0.15) is 55.9 Å². The van der Waals surface area contributed by atoms with E-state index >= 15 is 0 Å². The number of benzene rings is 6. The summed E-state index contributed by atoms with van der Waals surface area (Å²) in [6, 6.07) is 75.4. The van der Waals surface area contributed by atoms with E-state index in [1.807, 2.05) is 221 Å².